The van der Waals surface area contributed by atoms with E-state index in [4.69, 9.17) is 0 Å². The van der Waals surface area contributed by atoms with E-state index in [1.807, 2.05) is 24.3 Å². The Kier molecular flexibility index (Phi) is 3.50. The summed E-state index contributed by atoms with van der Waals surface area (Å²) < 4.78 is 0. The van der Waals surface area contributed by atoms with Crippen molar-refractivity contribution in [3.05, 3.63) is 29.8 Å². The highest BCUT2D eigenvalue weighted by atomic mass is 16.1. The third-order valence-corrected chi connectivity index (χ3v) is 1.64. The fourth-order valence-electron chi connectivity index (χ4n) is 1.16. The summed E-state index contributed by atoms with van der Waals surface area (Å²) in [5.74, 6) is 0.0983. The van der Waals surface area contributed by atoms with Crippen LogP contribution in [-0.2, 0) is 11.2 Å². The van der Waals surface area contributed by atoms with E-state index in [-0.39, 0.29) is 7.33 Å². The van der Waals surface area contributed by atoms with Crippen molar-refractivity contribution in [3.8, 4) is 0 Å². The molecule has 0 unspecified atom stereocenters. The number of fused-ring (bicyclic) bond motifs is 1. The topological polar surface area (TPSA) is 29.1 Å². The van der Waals surface area contributed by atoms with Crippen molar-refractivity contribution in [2.75, 3.05) is 5.32 Å². The molecule has 2 rings (SSSR count). The van der Waals surface area contributed by atoms with E-state index in [0.717, 1.165) is 11.3 Å². The lowest BCUT2D eigenvalue weighted by Crippen LogP contribution is -2.03. The van der Waals surface area contributed by atoms with Gasteiger partial charge in [-0.05, 0) is 11.6 Å². The first kappa shape index (κ1) is 9.78. The standard InChI is InChI=1S/C8H7NO.C3H8.H2/c10-8-5-6-3-1-2-4-7(6)9-8;1-3-2;/h1-4H,5H2,(H,9,10);3H2,1-2H3;1H. The quantitative estimate of drug-likeness (QED) is 0.652. The minimum Gasteiger partial charge on any atom is -0.326 e. The van der Waals surface area contributed by atoms with E-state index in [1.165, 1.54) is 6.42 Å². The molecule has 72 valence electrons. The van der Waals surface area contributed by atoms with Crippen LogP contribution >= 0.6 is 0 Å². The number of carbonyl (C=O) groups is 1. The molecule has 0 fully saturated rings. The molecule has 13 heavy (non-hydrogen) atoms. The zero-order valence-electron chi connectivity index (χ0n) is 8.13. The van der Waals surface area contributed by atoms with Crippen LogP contribution in [0, 0.1) is 0 Å². The minimum absolute atomic E-state index is 0. The Hall–Kier alpha value is -1.31. The van der Waals surface area contributed by atoms with Gasteiger partial charge in [0, 0.05) is 7.11 Å². The first-order valence-corrected chi connectivity index (χ1v) is 4.65. The van der Waals surface area contributed by atoms with Gasteiger partial charge in [-0.15, -0.1) is 0 Å². The van der Waals surface area contributed by atoms with Crippen LogP contribution in [0.3, 0.4) is 0 Å². The molecule has 0 aromatic heterocycles. The zero-order chi connectivity index (χ0) is 9.68. The molecular weight excluding hydrogens is 162 g/mol. The van der Waals surface area contributed by atoms with Gasteiger partial charge in [0.1, 0.15) is 0 Å². The number of amides is 1. The Labute approximate surface area is 80.5 Å². The van der Waals surface area contributed by atoms with Gasteiger partial charge in [0.2, 0.25) is 5.91 Å². The fourth-order valence-corrected chi connectivity index (χ4v) is 1.16. The lowest BCUT2D eigenvalue weighted by atomic mass is 10.2. The summed E-state index contributed by atoms with van der Waals surface area (Å²) in [5, 5.41) is 2.76. The van der Waals surface area contributed by atoms with Gasteiger partial charge < -0.3 is 5.32 Å². The van der Waals surface area contributed by atoms with Crippen LogP contribution in [0.1, 0.15) is 27.3 Å². The highest BCUT2D eigenvalue weighted by molar-refractivity contribution is 5.98. The fraction of sp³-hybridized carbons (Fsp3) is 0.364. The molecule has 0 spiro atoms. The summed E-state index contributed by atoms with van der Waals surface area (Å²) in [6, 6.07) is 7.75. The van der Waals surface area contributed by atoms with Gasteiger partial charge in [-0.25, -0.2) is 0 Å². The van der Waals surface area contributed by atoms with E-state index >= 15 is 0 Å². The molecule has 1 aromatic rings. The third-order valence-electron chi connectivity index (χ3n) is 1.64. The highest BCUT2D eigenvalue weighted by Crippen LogP contribution is 2.20. The molecule has 1 aliphatic heterocycles. The number of hydrogen-bond acceptors (Lipinski definition) is 1. The molecule has 0 aliphatic carbocycles. The predicted molar refractivity (Wildman–Crippen MR) is 56.9 cm³/mol. The normalized spacial score (nSPS) is 12.6. The van der Waals surface area contributed by atoms with Crippen LogP contribution in [0.4, 0.5) is 5.69 Å². The van der Waals surface area contributed by atoms with Gasteiger partial charge in [-0.1, -0.05) is 38.5 Å². The molecule has 1 amide bonds. The number of carbonyl (C=O) groups excluding carboxylic acids is 1. The lowest BCUT2D eigenvalue weighted by Gasteiger charge is -1.93. The number of nitrogens with one attached hydrogen (secondary N) is 1. The summed E-state index contributed by atoms with van der Waals surface area (Å²) in [6.07, 6.45) is 1.79. The minimum atomic E-state index is 0. The molecule has 0 saturated carbocycles. The predicted octanol–water partition coefficient (Wildman–Crippen LogP) is 2.84. The van der Waals surface area contributed by atoms with Crippen molar-refractivity contribution in [2.24, 2.45) is 0 Å². The second kappa shape index (κ2) is 4.65. The third kappa shape index (κ3) is 2.58. The van der Waals surface area contributed by atoms with Gasteiger partial charge in [-0.3, -0.25) is 4.79 Å². The summed E-state index contributed by atoms with van der Waals surface area (Å²) in [4.78, 5) is 10.8. The average molecular weight is 179 g/mol. The maximum absolute atomic E-state index is 10.8. The average Bonchev–Trinajstić information content (AvgIpc) is 2.45. The van der Waals surface area contributed by atoms with Crippen molar-refractivity contribution in [1.82, 2.24) is 0 Å². The maximum atomic E-state index is 10.8. The largest absolute Gasteiger partial charge is 0.326 e. The van der Waals surface area contributed by atoms with Gasteiger partial charge in [0.15, 0.2) is 0 Å². The zero-order valence-corrected chi connectivity index (χ0v) is 8.13. The van der Waals surface area contributed by atoms with Crippen LogP contribution in [0.2, 0.25) is 0 Å². The van der Waals surface area contributed by atoms with E-state index in [1.54, 1.807) is 0 Å². The van der Waals surface area contributed by atoms with Crippen molar-refractivity contribution in [1.29, 1.82) is 0 Å². The Morgan fingerprint density at radius 2 is 2.00 bits per heavy atom. The molecule has 0 saturated heterocycles. The Morgan fingerprint density at radius 1 is 1.38 bits per heavy atom. The second-order valence-corrected chi connectivity index (χ2v) is 3.09. The molecule has 2 heteroatoms. The van der Waals surface area contributed by atoms with Crippen LogP contribution in [-0.4, -0.2) is 5.91 Å². The number of rotatable bonds is 0. The van der Waals surface area contributed by atoms with E-state index in [2.05, 4.69) is 19.2 Å². The number of hydrogen-bond donors (Lipinski definition) is 1. The Balaban J connectivity index is 0.000000381. The smallest absolute Gasteiger partial charge is 0.228 e. The summed E-state index contributed by atoms with van der Waals surface area (Å²) in [7, 11) is 0. The van der Waals surface area contributed by atoms with E-state index in [0.29, 0.717) is 6.42 Å². The highest BCUT2D eigenvalue weighted by Gasteiger charge is 2.15. The molecule has 1 aromatic carbocycles. The summed E-state index contributed by atoms with van der Waals surface area (Å²) in [5.41, 5.74) is 2.07. The molecule has 0 bridgehead atoms. The van der Waals surface area contributed by atoms with Crippen molar-refractivity contribution in [3.63, 3.8) is 0 Å². The monoisotopic (exact) mass is 179 g/mol. The first-order chi connectivity index (χ1) is 6.27. The Bertz CT molecular complexity index is 272. The second-order valence-electron chi connectivity index (χ2n) is 3.09. The van der Waals surface area contributed by atoms with Crippen molar-refractivity contribution < 1.29 is 6.22 Å². The van der Waals surface area contributed by atoms with Crippen LogP contribution in [0.15, 0.2) is 24.3 Å². The van der Waals surface area contributed by atoms with Gasteiger partial charge in [0.25, 0.3) is 0 Å². The number of para-hydroxylation sites is 1. The van der Waals surface area contributed by atoms with Crippen molar-refractivity contribution >= 4 is 11.6 Å². The van der Waals surface area contributed by atoms with E-state index in [9.17, 15) is 4.79 Å². The van der Waals surface area contributed by atoms with Gasteiger partial charge in [0.05, 0.1) is 6.42 Å². The maximum Gasteiger partial charge on any atom is 0.228 e. The number of anilines is 1. The van der Waals surface area contributed by atoms with Crippen LogP contribution in [0.25, 0.3) is 0 Å². The Morgan fingerprint density at radius 3 is 2.62 bits per heavy atom. The van der Waals surface area contributed by atoms with Crippen LogP contribution in [0.5, 0.6) is 0 Å². The summed E-state index contributed by atoms with van der Waals surface area (Å²) >= 11 is 0. The molecular formula is C11H17NO. The van der Waals surface area contributed by atoms with Gasteiger partial charge in [-0.2, -0.15) is 0 Å². The SMILES string of the molecule is CCC.O=C1Cc2ccccc2N1.[HH]. The molecule has 1 N–H and O–H groups in total. The first-order valence-electron chi connectivity index (χ1n) is 4.65. The van der Waals surface area contributed by atoms with E-state index < -0.39 is 0 Å². The molecule has 0 atom stereocenters. The molecule has 2 nitrogen and oxygen atoms in total. The molecule has 0 radical (unpaired) electrons. The summed E-state index contributed by atoms with van der Waals surface area (Å²) in [6.45, 7) is 4.25. The molecule has 1 heterocycles. The van der Waals surface area contributed by atoms with Crippen molar-refractivity contribution in [2.45, 2.75) is 26.7 Å². The molecule has 1 aliphatic rings. The van der Waals surface area contributed by atoms with Gasteiger partial charge >= 0.3 is 0 Å². The lowest BCUT2D eigenvalue weighted by molar-refractivity contribution is -0.115. The van der Waals surface area contributed by atoms with Crippen LogP contribution < -0.4 is 5.32 Å². The number of benzene rings is 1.